The Hall–Kier alpha value is -3.12. The number of nitrogens with zero attached hydrogens (tertiary/aromatic N) is 2. The predicted molar refractivity (Wildman–Crippen MR) is 109 cm³/mol. The number of ether oxygens (including phenoxy) is 2. The van der Waals surface area contributed by atoms with Crippen LogP contribution in [0.4, 0.5) is 5.82 Å². The van der Waals surface area contributed by atoms with Crippen LogP contribution in [0, 0.1) is 0 Å². The molecule has 6 nitrogen and oxygen atoms in total. The fourth-order valence-electron chi connectivity index (χ4n) is 3.57. The molecule has 1 N–H and O–H groups in total. The second kappa shape index (κ2) is 7.86. The minimum Gasteiger partial charge on any atom is -0.497 e. The standard InChI is InChI=1S/C22H23N3O3/c1-23-22(26)19-4-3-9-24-21(19)25-10-11-28-20(14-25)17-6-5-16-13-18(27-2)8-7-15(16)12-17/h3-9,12-13,20H,10-11,14H2,1-2H3,(H,23,26)/t20-/m1/s1. The third kappa shape index (κ3) is 3.51. The van der Waals surface area contributed by atoms with Gasteiger partial charge in [0.2, 0.25) is 0 Å². The first-order valence-electron chi connectivity index (χ1n) is 9.31. The van der Waals surface area contributed by atoms with E-state index in [2.05, 4.69) is 39.5 Å². The van der Waals surface area contributed by atoms with Crippen molar-refractivity contribution in [3.05, 3.63) is 65.9 Å². The quantitative estimate of drug-likeness (QED) is 0.757. The second-order valence-corrected chi connectivity index (χ2v) is 6.73. The molecular formula is C22H23N3O3. The van der Waals surface area contributed by atoms with E-state index in [-0.39, 0.29) is 12.0 Å². The van der Waals surface area contributed by atoms with Crippen LogP contribution in [0.5, 0.6) is 5.75 Å². The van der Waals surface area contributed by atoms with E-state index in [1.165, 1.54) is 0 Å². The highest BCUT2D eigenvalue weighted by molar-refractivity contribution is 5.98. The molecule has 6 heteroatoms. The monoisotopic (exact) mass is 377 g/mol. The topological polar surface area (TPSA) is 63.7 Å². The summed E-state index contributed by atoms with van der Waals surface area (Å²) in [6.07, 6.45) is 1.63. The van der Waals surface area contributed by atoms with Gasteiger partial charge in [-0.3, -0.25) is 4.79 Å². The van der Waals surface area contributed by atoms with Gasteiger partial charge in [-0.1, -0.05) is 18.2 Å². The largest absolute Gasteiger partial charge is 0.497 e. The van der Waals surface area contributed by atoms with Crippen molar-refractivity contribution in [1.82, 2.24) is 10.3 Å². The Bertz CT molecular complexity index is 1010. The summed E-state index contributed by atoms with van der Waals surface area (Å²) in [5.74, 6) is 1.41. The van der Waals surface area contributed by atoms with Crippen molar-refractivity contribution in [1.29, 1.82) is 0 Å². The lowest BCUT2D eigenvalue weighted by molar-refractivity contribution is 0.0395. The van der Waals surface area contributed by atoms with Crippen LogP contribution in [0.15, 0.2) is 54.7 Å². The number of hydrogen-bond donors (Lipinski definition) is 1. The lowest BCUT2D eigenvalue weighted by atomic mass is 10.0. The van der Waals surface area contributed by atoms with Gasteiger partial charge in [0, 0.05) is 26.3 Å². The van der Waals surface area contributed by atoms with Crippen molar-refractivity contribution in [3.8, 4) is 5.75 Å². The summed E-state index contributed by atoms with van der Waals surface area (Å²) in [6, 6.07) is 16.0. The highest BCUT2D eigenvalue weighted by Crippen LogP contribution is 2.30. The van der Waals surface area contributed by atoms with Crippen LogP contribution in [0.1, 0.15) is 22.0 Å². The molecule has 2 aromatic carbocycles. The predicted octanol–water partition coefficient (Wildman–Crippen LogP) is 3.18. The van der Waals surface area contributed by atoms with Crippen LogP contribution in [-0.4, -0.2) is 44.7 Å². The van der Waals surface area contributed by atoms with E-state index >= 15 is 0 Å². The zero-order chi connectivity index (χ0) is 19.5. The number of morpholine rings is 1. The number of carbonyl (C=O) groups excluding carboxylic acids is 1. The summed E-state index contributed by atoms with van der Waals surface area (Å²) in [5, 5.41) is 4.95. The number of hydrogen-bond acceptors (Lipinski definition) is 5. The average Bonchev–Trinajstić information content (AvgIpc) is 2.77. The van der Waals surface area contributed by atoms with E-state index < -0.39 is 0 Å². The molecule has 0 bridgehead atoms. The maximum absolute atomic E-state index is 12.2. The van der Waals surface area contributed by atoms with Crippen LogP contribution < -0.4 is 15.0 Å². The number of aromatic nitrogens is 1. The Morgan fingerprint density at radius 1 is 1.21 bits per heavy atom. The molecule has 1 aliphatic heterocycles. The highest BCUT2D eigenvalue weighted by atomic mass is 16.5. The van der Waals surface area contributed by atoms with Crippen molar-refractivity contribution in [2.45, 2.75) is 6.10 Å². The van der Waals surface area contributed by atoms with Gasteiger partial charge in [0.1, 0.15) is 17.7 Å². The molecule has 1 aliphatic rings. The Kier molecular flexibility index (Phi) is 5.12. The highest BCUT2D eigenvalue weighted by Gasteiger charge is 2.26. The van der Waals surface area contributed by atoms with E-state index in [4.69, 9.17) is 9.47 Å². The van der Waals surface area contributed by atoms with E-state index in [9.17, 15) is 4.79 Å². The molecule has 1 atom stereocenters. The molecule has 0 unspecified atom stereocenters. The summed E-state index contributed by atoms with van der Waals surface area (Å²) in [5.41, 5.74) is 1.69. The van der Waals surface area contributed by atoms with E-state index in [1.54, 1.807) is 32.5 Å². The van der Waals surface area contributed by atoms with Crippen molar-refractivity contribution in [2.75, 3.05) is 38.8 Å². The van der Waals surface area contributed by atoms with Crippen LogP contribution >= 0.6 is 0 Å². The third-order valence-corrected chi connectivity index (χ3v) is 5.07. The van der Waals surface area contributed by atoms with Crippen LogP contribution in [0.2, 0.25) is 0 Å². The molecule has 1 saturated heterocycles. The number of nitrogens with one attached hydrogen (secondary N) is 1. The van der Waals surface area contributed by atoms with Crippen LogP contribution in [0.3, 0.4) is 0 Å². The number of rotatable bonds is 4. The zero-order valence-corrected chi connectivity index (χ0v) is 16.0. The smallest absolute Gasteiger partial charge is 0.254 e. The van der Waals surface area contributed by atoms with Gasteiger partial charge in [-0.05, 0) is 46.7 Å². The van der Waals surface area contributed by atoms with Gasteiger partial charge in [-0.2, -0.15) is 0 Å². The van der Waals surface area contributed by atoms with Gasteiger partial charge in [-0.25, -0.2) is 4.98 Å². The normalized spacial score (nSPS) is 16.8. The summed E-state index contributed by atoms with van der Waals surface area (Å²) in [7, 11) is 3.30. The lowest BCUT2D eigenvalue weighted by Crippen LogP contribution is -2.40. The number of methoxy groups -OCH3 is 1. The Balaban J connectivity index is 1.61. The Morgan fingerprint density at radius 3 is 2.86 bits per heavy atom. The number of anilines is 1. The van der Waals surface area contributed by atoms with Gasteiger partial charge in [0.15, 0.2) is 0 Å². The summed E-state index contributed by atoms with van der Waals surface area (Å²) in [4.78, 5) is 18.8. The second-order valence-electron chi connectivity index (χ2n) is 6.73. The van der Waals surface area contributed by atoms with Gasteiger partial charge in [0.05, 0.1) is 19.3 Å². The number of carbonyl (C=O) groups is 1. The fraction of sp³-hybridized carbons (Fsp3) is 0.273. The first kappa shape index (κ1) is 18.3. The number of amides is 1. The molecule has 2 heterocycles. The van der Waals surface area contributed by atoms with Gasteiger partial charge >= 0.3 is 0 Å². The maximum Gasteiger partial charge on any atom is 0.254 e. The Morgan fingerprint density at radius 2 is 2.04 bits per heavy atom. The van der Waals surface area contributed by atoms with Crippen molar-refractivity contribution in [2.24, 2.45) is 0 Å². The molecule has 1 aromatic heterocycles. The molecule has 1 amide bonds. The minimum atomic E-state index is -0.134. The molecule has 0 radical (unpaired) electrons. The molecule has 0 saturated carbocycles. The first-order chi connectivity index (χ1) is 13.7. The zero-order valence-electron chi connectivity index (χ0n) is 16.0. The third-order valence-electron chi connectivity index (χ3n) is 5.07. The van der Waals surface area contributed by atoms with Crippen molar-refractivity contribution >= 4 is 22.5 Å². The van der Waals surface area contributed by atoms with E-state index in [0.29, 0.717) is 31.1 Å². The van der Waals surface area contributed by atoms with Gasteiger partial charge in [0.25, 0.3) is 5.91 Å². The molecule has 144 valence electrons. The van der Waals surface area contributed by atoms with E-state index in [0.717, 1.165) is 22.1 Å². The van der Waals surface area contributed by atoms with E-state index in [1.807, 2.05) is 12.1 Å². The van der Waals surface area contributed by atoms with Crippen molar-refractivity contribution in [3.63, 3.8) is 0 Å². The minimum absolute atomic E-state index is 0.0835. The summed E-state index contributed by atoms with van der Waals surface area (Å²) in [6.45, 7) is 1.92. The van der Waals surface area contributed by atoms with Crippen LogP contribution in [-0.2, 0) is 4.74 Å². The molecule has 0 aliphatic carbocycles. The summed E-state index contributed by atoms with van der Waals surface area (Å²) >= 11 is 0. The molecule has 1 fully saturated rings. The molecular weight excluding hydrogens is 354 g/mol. The number of fused-ring (bicyclic) bond motifs is 1. The average molecular weight is 377 g/mol. The number of benzene rings is 2. The molecule has 28 heavy (non-hydrogen) atoms. The number of pyridine rings is 1. The summed E-state index contributed by atoms with van der Waals surface area (Å²) < 4.78 is 11.3. The first-order valence-corrected chi connectivity index (χ1v) is 9.31. The lowest BCUT2D eigenvalue weighted by Gasteiger charge is -2.34. The Labute approximate surface area is 164 Å². The van der Waals surface area contributed by atoms with Crippen molar-refractivity contribution < 1.29 is 14.3 Å². The molecule has 3 aromatic rings. The van der Waals surface area contributed by atoms with Gasteiger partial charge < -0.3 is 19.7 Å². The SMILES string of the molecule is CNC(=O)c1cccnc1N1CCO[C@@H](c2ccc3cc(OC)ccc3c2)C1. The fourth-order valence-corrected chi connectivity index (χ4v) is 3.57. The van der Waals surface area contributed by atoms with Crippen LogP contribution in [0.25, 0.3) is 10.8 Å². The maximum atomic E-state index is 12.2. The molecule has 0 spiro atoms. The molecule has 4 rings (SSSR count). The van der Waals surface area contributed by atoms with Gasteiger partial charge in [-0.15, -0.1) is 0 Å².